The number of piperidine rings is 1. The summed E-state index contributed by atoms with van der Waals surface area (Å²) >= 11 is 0. The highest BCUT2D eigenvalue weighted by molar-refractivity contribution is 5.97. The van der Waals surface area contributed by atoms with E-state index in [4.69, 9.17) is 4.74 Å². The summed E-state index contributed by atoms with van der Waals surface area (Å²) in [6.07, 6.45) is 1.53. The molecule has 0 unspecified atom stereocenters. The van der Waals surface area contributed by atoms with Crippen LogP contribution in [0.4, 0.5) is 10.5 Å². The van der Waals surface area contributed by atoms with Crippen molar-refractivity contribution in [2.24, 2.45) is 5.92 Å². The molecule has 1 aromatic rings. The zero-order chi connectivity index (χ0) is 20.3. The molecule has 2 saturated heterocycles. The van der Waals surface area contributed by atoms with E-state index in [0.29, 0.717) is 45.5 Å². The molecule has 2 fully saturated rings. The summed E-state index contributed by atoms with van der Waals surface area (Å²) in [7, 11) is 0. The van der Waals surface area contributed by atoms with Gasteiger partial charge in [0.05, 0.1) is 18.6 Å². The fourth-order valence-corrected chi connectivity index (χ4v) is 3.79. The first-order valence-electron chi connectivity index (χ1n) is 9.98. The summed E-state index contributed by atoms with van der Waals surface area (Å²) in [5, 5.41) is 2.98. The maximum Gasteiger partial charge on any atom is 0.317 e. The molecule has 1 aromatic carbocycles. The zero-order valence-corrected chi connectivity index (χ0v) is 16.9. The number of nitrogens with zero attached hydrogens (tertiary/aromatic N) is 2. The van der Waals surface area contributed by atoms with E-state index >= 15 is 0 Å². The molecular formula is C21H29N3O4. The second-order valence-corrected chi connectivity index (χ2v) is 7.64. The maximum absolute atomic E-state index is 12.6. The molecule has 0 saturated carbocycles. The van der Waals surface area contributed by atoms with Crippen LogP contribution in [0.15, 0.2) is 18.2 Å². The van der Waals surface area contributed by atoms with Crippen LogP contribution in [0.3, 0.4) is 0 Å². The Morgan fingerprint density at radius 1 is 1.18 bits per heavy atom. The number of hydrogen-bond donors (Lipinski definition) is 1. The zero-order valence-electron chi connectivity index (χ0n) is 16.9. The minimum atomic E-state index is -0.204. The van der Waals surface area contributed by atoms with Crippen molar-refractivity contribution < 1.29 is 19.1 Å². The second-order valence-electron chi connectivity index (χ2n) is 7.64. The van der Waals surface area contributed by atoms with Gasteiger partial charge < -0.3 is 19.9 Å². The highest BCUT2D eigenvalue weighted by atomic mass is 16.5. The van der Waals surface area contributed by atoms with Crippen LogP contribution in [0.5, 0.6) is 0 Å². The third-order valence-electron chi connectivity index (χ3n) is 5.66. The average Bonchev–Trinajstić information content (AvgIpc) is 3.04. The van der Waals surface area contributed by atoms with Crippen LogP contribution in [-0.2, 0) is 14.3 Å². The summed E-state index contributed by atoms with van der Waals surface area (Å²) in [5.74, 6) is -0.278. The van der Waals surface area contributed by atoms with Gasteiger partial charge in [-0.05, 0) is 56.9 Å². The molecule has 28 heavy (non-hydrogen) atoms. The van der Waals surface area contributed by atoms with Gasteiger partial charge in [-0.3, -0.25) is 9.59 Å². The van der Waals surface area contributed by atoms with Gasteiger partial charge in [0, 0.05) is 31.7 Å². The Hall–Kier alpha value is -2.57. The number of amides is 3. The molecule has 7 heteroatoms. The average molecular weight is 387 g/mol. The van der Waals surface area contributed by atoms with E-state index in [1.165, 1.54) is 5.56 Å². The highest BCUT2D eigenvalue weighted by Crippen LogP contribution is 2.24. The Kier molecular flexibility index (Phi) is 6.21. The van der Waals surface area contributed by atoms with Crippen LogP contribution >= 0.6 is 0 Å². The number of benzene rings is 1. The quantitative estimate of drug-likeness (QED) is 0.805. The van der Waals surface area contributed by atoms with Gasteiger partial charge in [-0.15, -0.1) is 0 Å². The maximum atomic E-state index is 12.6. The molecule has 3 amide bonds. The summed E-state index contributed by atoms with van der Waals surface area (Å²) in [5.41, 5.74) is 3.20. The summed E-state index contributed by atoms with van der Waals surface area (Å²) < 4.78 is 5.07. The lowest BCUT2D eigenvalue weighted by Crippen LogP contribution is -2.49. The molecular weight excluding hydrogens is 358 g/mol. The van der Waals surface area contributed by atoms with Crippen molar-refractivity contribution in [3.05, 3.63) is 29.3 Å². The van der Waals surface area contributed by atoms with Gasteiger partial charge in [0.1, 0.15) is 0 Å². The van der Waals surface area contributed by atoms with Gasteiger partial charge in [0.15, 0.2) is 0 Å². The van der Waals surface area contributed by atoms with E-state index in [2.05, 4.69) is 5.32 Å². The van der Waals surface area contributed by atoms with Gasteiger partial charge in [-0.25, -0.2) is 4.79 Å². The van der Waals surface area contributed by atoms with Crippen molar-refractivity contribution in [2.75, 3.05) is 31.1 Å². The standard InChI is InChI=1S/C21H29N3O4/c1-4-28-20(26)16-7-9-23(10-8-16)21(27)22-17-12-19(25)24(13-17)18-6-5-14(2)15(3)11-18/h5-6,11,16-17H,4,7-10,12-13H2,1-3H3,(H,22,27)/t17-/m0/s1. The number of aryl methyl sites for hydroxylation is 2. The van der Waals surface area contributed by atoms with Crippen molar-refractivity contribution in [3.63, 3.8) is 0 Å². The number of rotatable bonds is 4. The lowest BCUT2D eigenvalue weighted by molar-refractivity contribution is -0.149. The molecule has 0 aliphatic carbocycles. The number of likely N-dealkylation sites (tertiary alicyclic amines) is 1. The van der Waals surface area contributed by atoms with Crippen molar-refractivity contribution in [1.29, 1.82) is 0 Å². The number of hydrogen-bond acceptors (Lipinski definition) is 4. The molecule has 2 aliphatic rings. The molecule has 152 valence electrons. The van der Waals surface area contributed by atoms with Crippen LogP contribution in [0.25, 0.3) is 0 Å². The van der Waals surface area contributed by atoms with Crippen molar-refractivity contribution in [3.8, 4) is 0 Å². The fraction of sp³-hybridized carbons (Fsp3) is 0.571. The summed E-state index contributed by atoms with van der Waals surface area (Å²) in [6.45, 7) is 7.77. The molecule has 2 heterocycles. The van der Waals surface area contributed by atoms with Crippen molar-refractivity contribution in [1.82, 2.24) is 10.2 Å². The SMILES string of the molecule is CCOC(=O)C1CCN(C(=O)N[C@H]2CC(=O)N(c3ccc(C)c(C)c3)C2)CC1. The first-order chi connectivity index (χ1) is 13.4. The smallest absolute Gasteiger partial charge is 0.317 e. The molecule has 3 rings (SSSR count). The van der Waals surface area contributed by atoms with Crippen LogP contribution < -0.4 is 10.2 Å². The van der Waals surface area contributed by atoms with E-state index in [9.17, 15) is 14.4 Å². The molecule has 0 spiro atoms. The van der Waals surface area contributed by atoms with Crippen LogP contribution in [0, 0.1) is 19.8 Å². The van der Waals surface area contributed by atoms with Gasteiger partial charge in [0.2, 0.25) is 5.91 Å². The van der Waals surface area contributed by atoms with E-state index in [1.807, 2.05) is 32.0 Å². The Morgan fingerprint density at radius 2 is 1.89 bits per heavy atom. The van der Waals surface area contributed by atoms with Crippen LogP contribution in [0.2, 0.25) is 0 Å². The van der Waals surface area contributed by atoms with Crippen molar-refractivity contribution in [2.45, 2.75) is 46.1 Å². The van der Waals surface area contributed by atoms with E-state index in [-0.39, 0.29) is 29.9 Å². The lowest BCUT2D eigenvalue weighted by Gasteiger charge is -2.31. The van der Waals surface area contributed by atoms with E-state index in [0.717, 1.165) is 11.3 Å². The van der Waals surface area contributed by atoms with Gasteiger partial charge in [-0.2, -0.15) is 0 Å². The highest BCUT2D eigenvalue weighted by Gasteiger charge is 2.34. The molecule has 0 aromatic heterocycles. The largest absolute Gasteiger partial charge is 0.466 e. The molecule has 7 nitrogen and oxygen atoms in total. The fourth-order valence-electron chi connectivity index (χ4n) is 3.79. The van der Waals surface area contributed by atoms with E-state index in [1.54, 1.807) is 16.7 Å². The predicted octanol–water partition coefficient (Wildman–Crippen LogP) is 2.39. The van der Waals surface area contributed by atoms with Crippen LogP contribution in [0.1, 0.15) is 37.3 Å². The Morgan fingerprint density at radius 3 is 2.54 bits per heavy atom. The van der Waals surface area contributed by atoms with E-state index < -0.39 is 0 Å². The monoisotopic (exact) mass is 387 g/mol. The first kappa shape index (κ1) is 20.2. The Bertz CT molecular complexity index is 756. The second kappa shape index (κ2) is 8.63. The number of anilines is 1. The number of nitrogens with one attached hydrogen (secondary N) is 1. The number of carbonyl (C=O) groups is 3. The molecule has 1 atom stereocenters. The lowest BCUT2D eigenvalue weighted by atomic mass is 9.97. The number of urea groups is 1. The molecule has 1 N–H and O–H groups in total. The minimum absolute atomic E-state index is 0.0228. The van der Waals surface area contributed by atoms with Crippen molar-refractivity contribution >= 4 is 23.6 Å². The van der Waals surface area contributed by atoms with Gasteiger partial charge in [0.25, 0.3) is 0 Å². The topological polar surface area (TPSA) is 79.0 Å². The third kappa shape index (κ3) is 4.46. The number of esters is 1. The number of ether oxygens (including phenoxy) is 1. The summed E-state index contributed by atoms with van der Waals surface area (Å²) in [6, 6.07) is 5.60. The number of carbonyl (C=O) groups excluding carboxylic acids is 3. The van der Waals surface area contributed by atoms with Gasteiger partial charge in [-0.1, -0.05) is 6.07 Å². The Labute approximate surface area is 166 Å². The van der Waals surface area contributed by atoms with Crippen LogP contribution in [-0.4, -0.2) is 55.1 Å². The normalized spacial score (nSPS) is 20.4. The predicted molar refractivity (Wildman–Crippen MR) is 106 cm³/mol. The first-order valence-corrected chi connectivity index (χ1v) is 9.98. The molecule has 0 bridgehead atoms. The van der Waals surface area contributed by atoms with Gasteiger partial charge >= 0.3 is 12.0 Å². The third-order valence-corrected chi connectivity index (χ3v) is 5.66. The summed E-state index contributed by atoms with van der Waals surface area (Å²) in [4.78, 5) is 40.3. The Balaban J connectivity index is 1.52. The molecule has 2 aliphatic heterocycles. The molecule has 0 radical (unpaired) electrons. The minimum Gasteiger partial charge on any atom is -0.466 e.